The Morgan fingerprint density at radius 1 is 1.58 bits per heavy atom. The molecule has 102 valence electrons. The Labute approximate surface area is 119 Å². The van der Waals surface area contributed by atoms with E-state index in [1.54, 1.807) is 19.1 Å². The Morgan fingerprint density at radius 3 is 2.79 bits per heavy atom. The summed E-state index contributed by atoms with van der Waals surface area (Å²) in [4.78, 5) is 11.2. The van der Waals surface area contributed by atoms with E-state index in [0.29, 0.717) is 16.1 Å². The minimum atomic E-state index is -1.21. The number of carbonyl (C=O) groups is 1. The molecule has 2 atom stereocenters. The van der Waals surface area contributed by atoms with Crippen LogP contribution < -0.4 is 0 Å². The number of halogens is 1. The number of nitrogens with zero attached hydrogens (tertiary/aromatic N) is 1. The van der Waals surface area contributed by atoms with Crippen molar-refractivity contribution in [3.05, 3.63) is 34.3 Å². The first-order valence-corrected chi connectivity index (χ1v) is 7.45. The van der Waals surface area contributed by atoms with Crippen molar-refractivity contribution in [1.29, 1.82) is 5.26 Å². The number of rotatable bonds is 5. The van der Waals surface area contributed by atoms with Gasteiger partial charge in [-0.25, -0.2) is 0 Å². The number of esters is 1. The second kappa shape index (κ2) is 7.27. The summed E-state index contributed by atoms with van der Waals surface area (Å²) < 4.78 is 16.5. The molecule has 0 saturated carbocycles. The standard InChI is InChI=1S/C13H14ClNO3S/c1-9(13(16)18-2)7-19(17)8-11-4-3-10(6-15)5-12(11)14/h3-5,9H,7-8H2,1-2H3. The van der Waals surface area contributed by atoms with E-state index in [4.69, 9.17) is 16.9 Å². The third kappa shape index (κ3) is 4.66. The van der Waals surface area contributed by atoms with Crippen molar-refractivity contribution in [3.8, 4) is 6.07 Å². The molecule has 0 bridgehead atoms. The molecule has 4 nitrogen and oxygen atoms in total. The monoisotopic (exact) mass is 299 g/mol. The van der Waals surface area contributed by atoms with Crippen LogP contribution in [0.25, 0.3) is 0 Å². The van der Waals surface area contributed by atoms with Crippen molar-refractivity contribution in [2.75, 3.05) is 12.9 Å². The van der Waals surface area contributed by atoms with Crippen LogP contribution in [-0.2, 0) is 26.1 Å². The Bertz CT molecular complexity index is 539. The Balaban J connectivity index is 2.68. The van der Waals surface area contributed by atoms with Gasteiger partial charge < -0.3 is 4.74 Å². The van der Waals surface area contributed by atoms with Gasteiger partial charge in [0, 0.05) is 21.6 Å². The van der Waals surface area contributed by atoms with Crippen molar-refractivity contribution in [3.63, 3.8) is 0 Å². The first-order valence-electron chi connectivity index (χ1n) is 5.59. The molecule has 1 aromatic carbocycles. The van der Waals surface area contributed by atoms with Crippen molar-refractivity contribution >= 4 is 28.4 Å². The average Bonchev–Trinajstić information content (AvgIpc) is 2.39. The molecule has 0 spiro atoms. The van der Waals surface area contributed by atoms with Gasteiger partial charge >= 0.3 is 5.97 Å². The van der Waals surface area contributed by atoms with Crippen LogP contribution in [0, 0.1) is 17.2 Å². The van der Waals surface area contributed by atoms with E-state index < -0.39 is 16.7 Å². The van der Waals surface area contributed by atoms with Gasteiger partial charge in [0.15, 0.2) is 0 Å². The number of hydrogen-bond acceptors (Lipinski definition) is 4. The highest BCUT2D eigenvalue weighted by atomic mass is 35.5. The summed E-state index contributed by atoms with van der Waals surface area (Å²) in [6.45, 7) is 1.67. The quantitative estimate of drug-likeness (QED) is 0.782. The lowest BCUT2D eigenvalue weighted by Crippen LogP contribution is -2.20. The minimum Gasteiger partial charge on any atom is -0.469 e. The van der Waals surface area contributed by atoms with Gasteiger partial charge in [0.05, 0.1) is 30.4 Å². The van der Waals surface area contributed by atoms with E-state index in [9.17, 15) is 9.00 Å². The van der Waals surface area contributed by atoms with E-state index in [1.807, 2.05) is 6.07 Å². The van der Waals surface area contributed by atoms with Gasteiger partial charge in [-0.2, -0.15) is 5.26 Å². The minimum absolute atomic E-state index is 0.225. The lowest BCUT2D eigenvalue weighted by Gasteiger charge is -2.09. The van der Waals surface area contributed by atoms with E-state index in [2.05, 4.69) is 4.74 Å². The van der Waals surface area contributed by atoms with Gasteiger partial charge in [0.2, 0.25) is 0 Å². The zero-order chi connectivity index (χ0) is 14.4. The summed E-state index contributed by atoms with van der Waals surface area (Å²) in [6.07, 6.45) is 0. The molecule has 1 rings (SSSR count). The van der Waals surface area contributed by atoms with Gasteiger partial charge in [-0.3, -0.25) is 9.00 Å². The molecule has 0 heterocycles. The van der Waals surface area contributed by atoms with Crippen molar-refractivity contribution in [2.45, 2.75) is 12.7 Å². The molecule has 0 aliphatic rings. The Kier molecular flexibility index (Phi) is 6.00. The van der Waals surface area contributed by atoms with E-state index in [0.717, 1.165) is 0 Å². The lowest BCUT2D eigenvalue weighted by molar-refractivity contribution is -0.144. The zero-order valence-electron chi connectivity index (χ0n) is 10.7. The summed E-state index contributed by atoms with van der Waals surface area (Å²) in [5, 5.41) is 9.14. The largest absolute Gasteiger partial charge is 0.469 e. The third-order valence-corrected chi connectivity index (χ3v) is 4.39. The number of carbonyl (C=O) groups excluding carboxylic acids is 1. The zero-order valence-corrected chi connectivity index (χ0v) is 12.3. The highest BCUT2D eigenvalue weighted by Gasteiger charge is 2.17. The van der Waals surface area contributed by atoms with E-state index in [1.165, 1.54) is 13.2 Å². The molecule has 0 aliphatic heterocycles. The number of methoxy groups -OCH3 is 1. The van der Waals surface area contributed by atoms with Crippen LogP contribution in [0.3, 0.4) is 0 Å². The number of hydrogen-bond donors (Lipinski definition) is 0. The van der Waals surface area contributed by atoms with Crippen LogP contribution in [0.4, 0.5) is 0 Å². The van der Waals surface area contributed by atoms with Crippen LogP contribution in [0.2, 0.25) is 5.02 Å². The molecular weight excluding hydrogens is 286 g/mol. The molecule has 0 fully saturated rings. The molecule has 6 heteroatoms. The van der Waals surface area contributed by atoms with Gasteiger partial charge in [0.1, 0.15) is 0 Å². The second-order valence-corrected chi connectivity index (χ2v) is 6.00. The molecule has 0 aliphatic carbocycles. The fourth-order valence-electron chi connectivity index (χ4n) is 1.51. The molecule has 0 saturated heterocycles. The van der Waals surface area contributed by atoms with Gasteiger partial charge in [-0.05, 0) is 17.7 Å². The van der Waals surface area contributed by atoms with Crippen molar-refractivity contribution in [2.24, 2.45) is 5.92 Å². The van der Waals surface area contributed by atoms with E-state index >= 15 is 0 Å². The molecular formula is C13H14ClNO3S. The predicted molar refractivity (Wildman–Crippen MR) is 74.1 cm³/mol. The summed E-state index contributed by atoms with van der Waals surface area (Å²) >= 11 is 6.00. The van der Waals surface area contributed by atoms with Crippen molar-refractivity contribution in [1.82, 2.24) is 0 Å². The highest BCUT2D eigenvalue weighted by Crippen LogP contribution is 2.19. The lowest BCUT2D eigenvalue weighted by atomic mass is 10.2. The van der Waals surface area contributed by atoms with Crippen LogP contribution in [0.5, 0.6) is 0 Å². The molecule has 0 aromatic heterocycles. The Hall–Kier alpha value is -1.38. The molecule has 0 radical (unpaired) electrons. The maximum atomic E-state index is 11.9. The van der Waals surface area contributed by atoms with Gasteiger partial charge in [-0.15, -0.1) is 0 Å². The van der Waals surface area contributed by atoms with Crippen molar-refractivity contribution < 1.29 is 13.7 Å². The summed E-state index contributed by atoms with van der Waals surface area (Å²) in [6, 6.07) is 6.83. The summed E-state index contributed by atoms with van der Waals surface area (Å²) in [7, 11) is 0.0945. The molecule has 1 aromatic rings. The maximum Gasteiger partial charge on any atom is 0.309 e. The van der Waals surface area contributed by atoms with E-state index in [-0.39, 0.29) is 17.5 Å². The molecule has 2 unspecified atom stereocenters. The van der Waals surface area contributed by atoms with Crippen LogP contribution >= 0.6 is 11.6 Å². The Morgan fingerprint density at radius 2 is 2.26 bits per heavy atom. The normalized spacial score (nSPS) is 13.4. The fourth-order valence-corrected chi connectivity index (χ4v) is 3.25. The predicted octanol–water partition coefficient (Wildman–Crippen LogP) is 2.27. The first kappa shape index (κ1) is 15.7. The van der Waals surface area contributed by atoms with Gasteiger partial charge in [0.25, 0.3) is 0 Å². The summed E-state index contributed by atoms with van der Waals surface area (Å²) in [5.74, 6) is -0.309. The summed E-state index contributed by atoms with van der Waals surface area (Å²) in [5.41, 5.74) is 1.17. The molecule has 0 amide bonds. The van der Waals surface area contributed by atoms with Crippen LogP contribution in [0.1, 0.15) is 18.1 Å². The third-order valence-electron chi connectivity index (χ3n) is 2.54. The van der Waals surface area contributed by atoms with Crippen LogP contribution in [0.15, 0.2) is 18.2 Å². The topological polar surface area (TPSA) is 67.2 Å². The van der Waals surface area contributed by atoms with Crippen LogP contribution in [-0.4, -0.2) is 23.0 Å². The first-order chi connectivity index (χ1) is 8.97. The number of benzene rings is 1. The smallest absolute Gasteiger partial charge is 0.309 e. The number of nitriles is 1. The fraction of sp³-hybridized carbons (Fsp3) is 0.385. The maximum absolute atomic E-state index is 11.9. The molecule has 0 N–H and O–H groups in total. The molecule has 19 heavy (non-hydrogen) atoms. The SMILES string of the molecule is COC(=O)C(C)CS(=O)Cc1ccc(C#N)cc1Cl. The van der Waals surface area contributed by atoms with Gasteiger partial charge in [-0.1, -0.05) is 24.6 Å². The second-order valence-electron chi connectivity index (χ2n) is 4.09. The average molecular weight is 300 g/mol. The number of ether oxygens (including phenoxy) is 1. The highest BCUT2D eigenvalue weighted by molar-refractivity contribution is 7.84.